The molecule has 4 atom stereocenters. The molecular weight excluding hydrogens is 751 g/mol. The number of rotatable bonds is 10. The summed E-state index contributed by atoms with van der Waals surface area (Å²) in [5, 5.41) is 8.10. The Bertz CT molecular complexity index is 2480. The van der Waals surface area contributed by atoms with Gasteiger partial charge in [-0.1, -0.05) is 92.7 Å². The van der Waals surface area contributed by atoms with Gasteiger partial charge in [0.2, 0.25) is 11.8 Å². The molecule has 0 aliphatic carbocycles. The zero-order valence-electron chi connectivity index (χ0n) is 35.0. The molecule has 2 aromatic heterocycles. The van der Waals surface area contributed by atoms with Gasteiger partial charge in [-0.15, -0.1) is 0 Å². The number of carbonyl (C=O) groups excluding carboxylic acids is 3. The van der Waals surface area contributed by atoms with E-state index in [4.69, 9.17) is 15.7 Å². The van der Waals surface area contributed by atoms with E-state index in [0.717, 1.165) is 87.3 Å². The average Bonchev–Trinajstić information content (AvgIpc) is 4.09. The minimum absolute atomic E-state index is 0.00922. The van der Waals surface area contributed by atoms with Crippen LogP contribution in [0.1, 0.15) is 95.6 Å². The van der Waals surface area contributed by atoms with Crippen LogP contribution in [-0.2, 0) is 9.59 Å². The number of fused-ring (bicyclic) bond motifs is 1. The number of benzene rings is 4. The Kier molecular flexibility index (Phi) is 11.3. The summed E-state index contributed by atoms with van der Waals surface area (Å²) in [4.78, 5) is 60.6. The van der Waals surface area contributed by atoms with Crippen LogP contribution in [-0.4, -0.2) is 72.3 Å². The van der Waals surface area contributed by atoms with Crippen molar-refractivity contribution in [3.8, 4) is 33.6 Å². The Labute approximate surface area is 351 Å². The predicted octanol–water partition coefficient (Wildman–Crippen LogP) is 8.44. The van der Waals surface area contributed by atoms with Gasteiger partial charge in [0.05, 0.1) is 35.7 Å². The van der Waals surface area contributed by atoms with Crippen LogP contribution in [0, 0.1) is 5.92 Å². The SMILES string of the molecule is CC(C)[C@H](N)C(=O)N1CCC[C@H]1c1nc(-c2ccc3cc(-c4ccc(-c5cnc([C@@H]6CCCN6C(=O)[C@H](NC(=O)NC(C)(C)C)c6ccccc6)[nH]5)cc4)ccc3c2)c[nH]1. The van der Waals surface area contributed by atoms with Crippen molar-refractivity contribution in [3.05, 3.63) is 121 Å². The van der Waals surface area contributed by atoms with E-state index >= 15 is 0 Å². The zero-order valence-corrected chi connectivity index (χ0v) is 35.0. The summed E-state index contributed by atoms with van der Waals surface area (Å²) in [5.41, 5.74) is 12.4. The summed E-state index contributed by atoms with van der Waals surface area (Å²) in [5.74, 6) is 1.44. The van der Waals surface area contributed by atoms with Crippen LogP contribution in [0.5, 0.6) is 0 Å². The molecule has 4 aromatic carbocycles. The molecule has 0 saturated carbocycles. The zero-order chi connectivity index (χ0) is 42.1. The number of hydrogen-bond acceptors (Lipinski definition) is 6. The first-order valence-corrected chi connectivity index (χ1v) is 21.1. The van der Waals surface area contributed by atoms with Gasteiger partial charge in [-0.3, -0.25) is 9.59 Å². The molecule has 2 aliphatic heterocycles. The summed E-state index contributed by atoms with van der Waals surface area (Å²) in [6.45, 7) is 11.0. The average molecular weight is 806 g/mol. The van der Waals surface area contributed by atoms with Crippen molar-refractivity contribution in [3.63, 3.8) is 0 Å². The minimum atomic E-state index is -0.834. The van der Waals surface area contributed by atoms with E-state index in [1.807, 2.05) is 87.1 Å². The van der Waals surface area contributed by atoms with Gasteiger partial charge in [0.15, 0.2) is 0 Å². The molecule has 2 fully saturated rings. The van der Waals surface area contributed by atoms with E-state index in [1.165, 1.54) is 0 Å². The largest absolute Gasteiger partial charge is 0.346 e. The van der Waals surface area contributed by atoms with Crippen molar-refractivity contribution in [2.75, 3.05) is 13.1 Å². The minimum Gasteiger partial charge on any atom is -0.346 e. The summed E-state index contributed by atoms with van der Waals surface area (Å²) in [7, 11) is 0. The van der Waals surface area contributed by atoms with Crippen LogP contribution < -0.4 is 16.4 Å². The van der Waals surface area contributed by atoms with Crippen molar-refractivity contribution >= 4 is 28.6 Å². The number of nitrogens with zero attached hydrogens (tertiary/aromatic N) is 4. The Morgan fingerprint density at radius 2 is 1.37 bits per heavy atom. The summed E-state index contributed by atoms with van der Waals surface area (Å²) in [6.07, 6.45) is 7.17. The molecule has 0 radical (unpaired) electrons. The van der Waals surface area contributed by atoms with E-state index in [2.05, 4.69) is 81.3 Å². The number of carbonyl (C=O) groups is 3. The third-order valence-corrected chi connectivity index (χ3v) is 11.7. The molecule has 60 heavy (non-hydrogen) atoms. The van der Waals surface area contributed by atoms with Gasteiger partial charge in [0.1, 0.15) is 17.7 Å². The van der Waals surface area contributed by atoms with E-state index in [0.29, 0.717) is 13.1 Å². The van der Waals surface area contributed by atoms with Gasteiger partial charge in [0.25, 0.3) is 0 Å². The number of aromatic amines is 2. The lowest BCUT2D eigenvalue weighted by Gasteiger charge is -2.30. The number of imidazole rings is 2. The highest BCUT2D eigenvalue weighted by atomic mass is 16.2. The van der Waals surface area contributed by atoms with E-state index in [-0.39, 0.29) is 29.8 Å². The Balaban J connectivity index is 0.947. The Hall–Kier alpha value is -6.27. The smallest absolute Gasteiger partial charge is 0.316 e. The van der Waals surface area contributed by atoms with E-state index in [1.54, 1.807) is 0 Å². The van der Waals surface area contributed by atoms with E-state index in [9.17, 15) is 14.4 Å². The molecule has 310 valence electrons. The highest BCUT2D eigenvalue weighted by molar-refractivity contribution is 5.91. The molecule has 4 heterocycles. The predicted molar refractivity (Wildman–Crippen MR) is 235 cm³/mol. The standard InChI is InChI=1S/C48H55N9O3/c1-29(2)41(49)45(58)56-23-9-13-39(56)43-51-28-38(53-43)36-22-21-34-25-33(19-20-35(34)26-36)30-15-17-31(18-16-30)37-27-50-44(52-37)40-14-10-24-57(40)46(59)42(32-11-7-6-8-12-32)54-47(60)55-48(3,4)5/h6-8,11-12,15-22,25-29,39-42H,9-10,13-14,23-24,49H2,1-5H3,(H,50,52)(H,51,53)(H2,54,55,60)/t39-,40-,41-,42+/m0/s1. The molecule has 2 saturated heterocycles. The van der Waals surface area contributed by atoms with Crippen molar-refractivity contribution in [2.24, 2.45) is 11.7 Å². The number of hydrogen-bond donors (Lipinski definition) is 5. The molecule has 12 nitrogen and oxygen atoms in total. The quantitative estimate of drug-likeness (QED) is 0.0933. The second-order valence-corrected chi connectivity index (χ2v) is 17.5. The number of nitrogens with two attached hydrogens (primary N) is 1. The van der Waals surface area contributed by atoms with Crippen LogP contribution in [0.15, 0.2) is 103 Å². The number of amides is 4. The highest BCUT2D eigenvalue weighted by Gasteiger charge is 2.38. The van der Waals surface area contributed by atoms with Gasteiger partial charge in [-0.25, -0.2) is 14.8 Å². The van der Waals surface area contributed by atoms with Crippen LogP contribution in [0.25, 0.3) is 44.4 Å². The molecule has 12 heteroatoms. The molecule has 8 rings (SSSR count). The van der Waals surface area contributed by atoms with Crippen LogP contribution >= 0.6 is 0 Å². The number of aromatic nitrogens is 4. The van der Waals surface area contributed by atoms with Gasteiger partial charge in [-0.2, -0.15) is 0 Å². The van der Waals surface area contributed by atoms with Crippen LogP contribution in [0.2, 0.25) is 0 Å². The lowest BCUT2D eigenvalue weighted by molar-refractivity contribution is -0.135. The van der Waals surface area contributed by atoms with Crippen molar-refractivity contribution in [2.45, 2.75) is 90.0 Å². The second-order valence-electron chi connectivity index (χ2n) is 17.5. The molecule has 0 bridgehead atoms. The van der Waals surface area contributed by atoms with Gasteiger partial charge < -0.3 is 36.1 Å². The normalized spacial score (nSPS) is 17.9. The molecule has 4 amide bonds. The number of nitrogens with one attached hydrogen (secondary N) is 4. The van der Waals surface area contributed by atoms with Crippen molar-refractivity contribution in [1.82, 2.24) is 40.4 Å². The third-order valence-electron chi connectivity index (χ3n) is 11.7. The van der Waals surface area contributed by atoms with Gasteiger partial charge in [0, 0.05) is 30.4 Å². The highest BCUT2D eigenvalue weighted by Crippen LogP contribution is 2.36. The van der Waals surface area contributed by atoms with Crippen LogP contribution in [0.4, 0.5) is 4.79 Å². The van der Waals surface area contributed by atoms with Crippen molar-refractivity contribution < 1.29 is 14.4 Å². The maximum Gasteiger partial charge on any atom is 0.316 e. The molecule has 2 aliphatic rings. The Morgan fingerprint density at radius 3 is 2.03 bits per heavy atom. The maximum atomic E-state index is 14.2. The first kappa shape index (κ1) is 40.5. The fraction of sp³-hybridized carbons (Fsp3) is 0.354. The maximum absolute atomic E-state index is 14.2. The molecule has 0 unspecified atom stereocenters. The molecular formula is C48H55N9O3. The molecule has 6 N–H and O–H groups in total. The first-order valence-electron chi connectivity index (χ1n) is 21.1. The van der Waals surface area contributed by atoms with E-state index < -0.39 is 23.7 Å². The van der Waals surface area contributed by atoms with Gasteiger partial charge >= 0.3 is 6.03 Å². The fourth-order valence-electron chi connectivity index (χ4n) is 8.45. The molecule has 0 spiro atoms. The lowest BCUT2D eigenvalue weighted by atomic mass is 9.98. The van der Waals surface area contributed by atoms with Crippen molar-refractivity contribution in [1.29, 1.82) is 0 Å². The Morgan fingerprint density at radius 1 is 0.767 bits per heavy atom. The number of H-pyrrole nitrogens is 2. The third kappa shape index (κ3) is 8.56. The topological polar surface area (TPSA) is 165 Å². The number of urea groups is 1. The summed E-state index contributed by atoms with van der Waals surface area (Å²) < 4.78 is 0. The van der Waals surface area contributed by atoms with Gasteiger partial charge in [-0.05, 0) is 97.5 Å². The second kappa shape index (κ2) is 16.8. The lowest BCUT2D eigenvalue weighted by Crippen LogP contribution is -2.50. The summed E-state index contributed by atoms with van der Waals surface area (Å²) in [6, 6.07) is 28.6. The monoisotopic (exact) mass is 805 g/mol. The first-order chi connectivity index (χ1) is 28.8. The summed E-state index contributed by atoms with van der Waals surface area (Å²) >= 11 is 0. The molecule has 6 aromatic rings. The van der Waals surface area contributed by atoms with Crippen LogP contribution in [0.3, 0.4) is 0 Å². The fourth-order valence-corrected chi connectivity index (χ4v) is 8.45. The number of likely N-dealkylation sites (tertiary alicyclic amines) is 2.